The van der Waals surface area contributed by atoms with Gasteiger partial charge >= 0.3 is 0 Å². The molecule has 2 aromatic carbocycles. The molecule has 0 unspecified atom stereocenters. The van der Waals surface area contributed by atoms with Gasteiger partial charge in [-0.2, -0.15) is 0 Å². The summed E-state index contributed by atoms with van der Waals surface area (Å²) >= 11 is 0. The summed E-state index contributed by atoms with van der Waals surface area (Å²) in [5, 5.41) is 0. The van der Waals surface area contributed by atoms with Crippen LogP contribution in [0.15, 0.2) is 36.4 Å². The molecular formula is C19H20. The Bertz CT molecular complexity index is 687. The molecule has 0 nitrogen and oxygen atoms in total. The van der Waals surface area contributed by atoms with Crippen LogP contribution in [0, 0.1) is 27.7 Å². The summed E-state index contributed by atoms with van der Waals surface area (Å²) in [4.78, 5) is 0. The van der Waals surface area contributed by atoms with Crippen LogP contribution in [0.4, 0.5) is 0 Å². The number of fused-ring (bicyclic) bond motifs is 1. The van der Waals surface area contributed by atoms with Gasteiger partial charge in [0.1, 0.15) is 0 Å². The highest BCUT2D eigenvalue weighted by Crippen LogP contribution is 2.36. The second kappa shape index (κ2) is 4.38. The van der Waals surface area contributed by atoms with Gasteiger partial charge in [-0.05, 0) is 78.6 Å². The third-order valence-corrected chi connectivity index (χ3v) is 4.61. The van der Waals surface area contributed by atoms with Crippen molar-refractivity contribution in [2.45, 2.75) is 34.1 Å². The molecule has 1 aliphatic carbocycles. The number of benzene rings is 2. The zero-order valence-electron chi connectivity index (χ0n) is 12.2. The van der Waals surface area contributed by atoms with Crippen LogP contribution in [0.25, 0.3) is 5.57 Å². The highest BCUT2D eigenvalue weighted by Gasteiger charge is 2.18. The van der Waals surface area contributed by atoms with Crippen LogP contribution in [0.3, 0.4) is 0 Å². The van der Waals surface area contributed by atoms with Crippen LogP contribution in [0.5, 0.6) is 0 Å². The molecule has 0 atom stereocenters. The normalized spacial score (nSPS) is 13.4. The molecule has 0 aliphatic heterocycles. The van der Waals surface area contributed by atoms with Crippen LogP contribution in [0.2, 0.25) is 0 Å². The molecule has 0 fully saturated rings. The minimum absolute atomic E-state index is 1.07. The van der Waals surface area contributed by atoms with Crippen molar-refractivity contribution in [1.29, 1.82) is 0 Å². The summed E-state index contributed by atoms with van der Waals surface area (Å²) < 4.78 is 0. The average molecular weight is 248 g/mol. The van der Waals surface area contributed by atoms with Crippen LogP contribution < -0.4 is 0 Å². The molecule has 0 heterocycles. The Balaban J connectivity index is 2.21. The van der Waals surface area contributed by atoms with Crippen molar-refractivity contribution in [1.82, 2.24) is 0 Å². The standard InChI is InChI=1S/C19H20/c1-12-11-19(15(4)14(3)13(12)2)18-10-9-16-7-5-6-8-17(16)18/h5-8,10-11H,9H2,1-4H3. The van der Waals surface area contributed by atoms with Crippen molar-refractivity contribution in [2.75, 3.05) is 0 Å². The minimum Gasteiger partial charge on any atom is -0.0716 e. The van der Waals surface area contributed by atoms with E-state index < -0.39 is 0 Å². The van der Waals surface area contributed by atoms with Crippen molar-refractivity contribution in [3.63, 3.8) is 0 Å². The molecule has 3 rings (SSSR count). The molecular weight excluding hydrogens is 228 g/mol. The molecule has 0 N–H and O–H groups in total. The summed E-state index contributed by atoms with van der Waals surface area (Å²) in [6.07, 6.45) is 3.44. The Morgan fingerprint density at radius 3 is 2.32 bits per heavy atom. The van der Waals surface area contributed by atoms with Gasteiger partial charge in [0.15, 0.2) is 0 Å². The van der Waals surface area contributed by atoms with Gasteiger partial charge in [0.25, 0.3) is 0 Å². The molecule has 0 amide bonds. The molecule has 0 saturated carbocycles. The van der Waals surface area contributed by atoms with Gasteiger partial charge in [-0.1, -0.05) is 36.4 Å². The number of hydrogen-bond donors (Lipinski definition) is 0. The Morgan fingerprint density at radius 1 is 0.789 bits per heavy atom. The van der Waals surface area contributed by atoms with Crippen LogP contribution >= 0.6 is 0 Å². The van der Waals surface area contributed by atoms with Gasteiger partial charge in [-0.15, -0.1) is 0 Å². The lowest BCUT2D eigenvalue weighted by molar-refractivity contribution is 1.20. The van der Waals surface area contributed by atoms with Crippen LogP contribution in [-0.4, -0.2) is 0 Å². The first-order valence-electron chi connectivity index (χ1n) is 6.96. The summed E-state index contributed by atoms with van der Waals surface area (Å²) in [6, 6.07) is 11.1. The van der Waals surface area contributed by atoms with E-state index >= 15 is 0 Å². The van der Waals surface area contributed by atoms with Gasteiger partial charge in [0.05, 0.1) is 0 Å². The SMILES string of the molecule is Cc1cc(C2=CCc3ccccc32)c(C)c(C)c1C. The van der Waals surface area contributed by atoms with Gasteiger partial charge in [-0.3, -0.25) is 0 Å². The zero-order valence-corrected chi connectivity index (χ0v) is 12.2. The van der Waals surface area contributed by atoms with Crippen molar-refractivity contribution in [3.8, 4) is 0 Å². The van der Waals surface area contributed by atoms with Crippen molar-refractivity contribution >= 4 is 5.57 Å². The fraction of sp³-hybridized carbons (Fsp3) is 0.263. The molecule has 0 heteroatoms. The minimum atomic E-state index is 1.07. The third kappa shape index (κ3) is 1.83. The van der Waals surface area contributed by atoms with E-state index in [9.17, 15) is 0 Å². The molecule has 0 aromatic heterocycles. The lowest BCUT2D eigenvalue weighted by Crippen LogP contribution is -1.98. The molecule has 19 heavy (non-hydrogen) atoms. The zero-order chi connectivity index (χ0) is 13.6. The molecule has 1 aliphatic rings. The molecule has 96 valence electrons. The average Bonchev–Trinajstić information content (AvgIpc) is 2.84. The fourth-order valence-electron chi connectivity index (χ4n) is 3.03. The van der Waals surface area contributed by atoms with Crippen molar-refractivity contribution in [2.24, 2.45) is 0 Å². The fourth-order valence-corrected chi connectivity index (χ4v) is 3.03. The van der Waals surface area contributed by atoms with Gasteiger partial charge in [-0.25, -0.2) is 0 Å². The van der Waals surface area contributed by atoms with E-state index in [-0.39, 0.29) is 0 Å². The maximum atomic E-state index is 2.38. The first kappa shape index (κ1) is 12.2. The van der Waals surface area contributed by atoms with E-state index in [1.165, 1.54) is 44.5 Å². The third-order valence-electron chi connectivity index (χ3n) is 4.61. The largest absolute Gasteiger partial charge is 0.0716 e. The van der Waals surface area contributed by atoms with E-state index in [1.807, 2.05) is 0 Å². The maximum absolute atomic E-state index is 2.38. The Kier molecular flexibility index (Phi) is 2.82. The van der Waals surface area contributed by atoms with Gasteiger partial charge < -0.3 is 0 Å². The molecule has 0 spiro atoms. The summed E-state index contributed by atoms with van der Waals surface area (Å²) in [5.74, 6) is 0. The predicted octanol–water partition coefficient (Wildman–Crippen LogP) is 4.91. The van der Waals surface area contributed by atoms with E-state index in [0.717, 1.165) is 6.42 Å². The number of aryl methyl sites for hydroxylation is 1. The molecule has 0 bridgehead atoms. The highest BCUT2D eigenvalue weighted by atomic mass is 14.2. The van der Waals surface area contributed by atoms with E-state index in [1.54, 1.807) is 0 Å². The smallest absolute Gasteiger partial charge is 0.00819 e. The first-order valence-corrected chi connectivity index (χ1v) is 6.96. The molecule has 0 saturated heterocycles. The molecule has 0 radical (unpaired) electrons. The first-order chi connectivity index (χ1) is 9.09. The van der Waals surface area contributed by atoms with E-state index in [2.05, 4.69) is 64.1 Å². The number of allylic oxidation sites excluding steroid dienone is 1. The van der Waals surface area contributed by atoms with Crippen molar-refractivity contribution in [3.05, 3.63) is 75.4 Å². The summed E-state index contributed by atoms with van der Waals surface area (Å²) in [6.45, 7) is 8.92. The Labute approximate surface area is 115 Å². The lowest BCUT2D eigenvalue weighted by Gasteiger charge is -2.16. The van der Waals surface area contributed by atoms with Gasteiger partial charge in [0.2, 0.25) is 0 Å². The van der Waals surface area contributed by atoms with Gasteiger partial charge in [0, 0.05) is 0 Å². The summed E-state index contributed by atoms with van der Waals surface area (Å²) in [7, 11) is 0. The van der Waals surface area contributed by atoms with Crippen LogP contribution in [-0.2, 0) is 6.42 Å². The predicted molar refractivity (Wildman–Crippen MR) is 82.6 cm³/mol. The lowest BCUT2D eigenvalue weighted by atomic mass is 9.89. The molecule has 2 aromatic rings. The highest BCUT2D eigenvalue weighted by molar-refractivity contribution is 5.86. The Hall–Kier alpha value is -1.82. The van der Waals surface area contributed by atoms with Crippen molar-refractivity contribution < 1.29 is 0 Å². The number of rotatable bonds is 1. The monoisotopic (exact) mass is 248 g/mol. The Morgan fingerprint density at radius 2 is 1.53 bits per heavy atom. The quantitative estimate of drug-likeness (QED) is 0.672. The summed E-state index contributed by atoms with van der Waals surface area (Å²) in [5.41, 5.74) is 11.4. The van der Waals surface area contributed by atoms with Crippen LogP contribution in [0.1, 0.15) is 38.9 Å². The van der Waals surface area contributed by atoms with E-state index in [0.29, 0.717) is 0 Å². The maximum Gasteiger partial charge on any atom is -0.00819 e. The second-order valence-electron chi connectivity index (χ2n) is 5.60. The second-order valence-corrected chi connectivity index (χ2v) is 5.60. The van der Waals surface area contributed by atoms with E-state index in [4.69, 9.17) is 0 Å². The topological polar surface area (TPSA) is 0 Å². The number of hydrogen-bond acceptors (Lipinski definition) is 0.